The third-order valence-corrected chi connectivity index (χ3v) is 3.65. The van der Waals surface area contributed by atoms with Gasteiger partial charge in [0.1, 0.15) is 11.6 Å². The van der Waals surface area contributed by atoms with Crippen LogP contribution >= 0.6 is 12.4 Å². The Hall–Kier alpha value is -2.33. The Morgan fingerprint density at radius 1 is 1.13 bits per heavy atom. The van der Waals surface area contributed by atoms with Crippen LogP contribution in [0.1, 0.15) is 28.8 Å². The van der Waals surface area contributed by atoms with Gasteiger partial charge in [-0.1, -0.05) is 24.3 Å². The summed E-state index contributed by atoms with van der Waals surface area (Å²) in [4.78, 5) is 16.6. The molecule has 1 aliphatic heterocycles. The zero-order valence-corrected chi connectivity index (χ0v) is 13.7. The van der Waals surface area contributed by atoms with Crippen LogP contribution in [0, 0.1) is 6.92 Å². The first kappa shape index (κ1) is 17.0. The number of carbonyl (C=O) groups is 1. The number of rotatable bonds is 3. The summed E-state index contributed by atoms with van der Waals surface area (Å²) in [6.07, 6.45) is 2.05. The van der Waals surface area contributed by atoms with Crippen molar-refractivity contribution in [3.05, 3.63) is 59.7 Å². The summed E-state index contributed by atoms with van der Waals surface area (Å²) < 4.78 is 5.52. The number of anilines is 1. The van der Waals surface area contributed by atoms with E-state index in [4.69, 9.17) is 4.74 Å². The fourth-order valence-electron chi connectivity index (χ4n) is 2.39. The highest BCUT2D eigenvalue weighted by Crippen LogP contribution is 2.27. The molecule has 0 atom stereocenters. The highest BCUT2D eigenvalue weighted by molar-refractivity contribution is 5.97. The molecule has 0 saturated carbocycles. The molecule has 1 aliphatic rings. The lowest BCUT2D eigenvalue weighted by Crippen LogP contribution is -2.12. The number of benzene rings is 2. The third kappa shape index (κ3) is 4.11. The van der Waals surface area contributed by atoms with Gasteiger partial charge in [0.25, 0.3) is 0 Å². The SMILES string of the molecule is Cc1c(NC2=NCCC2)cccc1OC(=O)c1ccccc1.Cl. The number of hydrogen-bond acceptors (Lipinski definition) is 4. The van der Waals surface area contributed by atoms with Crippen LogP contribution in [0.2, 0.25) is 0 Å². The quantitative estimate of drug-likeness (QED) is 0.676. The molecule has 4 nitrogen and oxygen atoms in total. The number of ether oxygens (including phenoxy) is 1. The minimum Gasteiger partial charge on any atom is -0.423 e. The summed E-state index contributed by atoms with van der Waals surface area (Å²) in [6, 6.07) is 14.6. The molecule has 0 bridgehead atoms. The minimum absolute atomic E-state index is 0. The van der Waals surface area contributed by atoms with E-state index in [1.165, 1.54) is 0 Å². The van der Waals surface area contributed by atoms with Gasteiger partial charge in [-0.15, -0.1) is 12.4 Å². The fraction of sp³-hybridized carbons (Fsp3) is 0.222. The molecule has 2 aromatic rings. The number of amidine groups is 1. The van der Waals surface area contributed by atoms with E-state index in [0.29, 0.717) is 11.3 Å². The van der Waals surface area contributed by atoms with Crippen molar-refractivity contribution in [3.63, 3.8) is 0 Å². The van der Waals surface area contributed by atoms with E-state index in [-0.39, 0.29) is 18.4 Å². The Morgan fingerprint density at radius 3 is 2.61 bits per heavy atom. The second-order valence-corrected chi connectivity index (χ2v) is 5.24. The molecule has 1 N–H and O–H groups in total. The maximum absolute atomic E-state index is 12.2. The monoisotopic (exact) mass is 330 g/mol. The molecule has 1 heterocycles. The molecular weight excluding hydrogens is 312 g/mol. The van der Waals surface area contributed by atoms with E-state index >= 15 is 0 Å². The Morgan fingerprint density at radius 2 is 1.91 bits per heavy atom. The zero-order chi connectivity index (χ0) is 15.4. The highest BCUT2D eigenvalue weighted by Gasteiger charge is 2.13. The van der Waals surface area contributed by atoms with E-state index in [2.05, 4.69) is 10.3 Å². The van der Waals surface area contributed by atoms with Gasteiger partial charge < -0.3 is 10.1 Å². The summed E-state index contributed by atoms with van der Waals surface area (Å²) in [5, 5.41) is 3.32. The van der Waals surface area contributed by atoms with Gasteiger partial charge in [0, 0.05) is 24.2 Å². The Kier molecular flexibility index (Phi) is 5.77. The van der Waals surface area contributed by atoms with Gasteiger partial charge >= 0.3 is 5.97 Å². The van der Waals surface area contributed by atoms with E-state index in [0.717, 1.165) is 36.5 Å². The summed E-state index contributed by atoms with van der Waals surface area (Å²) in [7, 11) is 0. The van der Waals surface area contributed by atoms with Gasteiger partial charge in [0.2, 0.25) is 0 Å². The van der Waals surface area contributed by atoms with Crippen molar-refractivity contribution in [1.82, 2.24) is 0 Å². The van der Waals surface area contributed by atoms with E-state index < -0.39 is 0 Å². The molecule has 5 heteroatoms. The lowest BCUT2D eigenvalue weighted by molar-refractivity contribution is 0.0733. The maximum Gasteiger partial charge on any atom is 0.343 e. The number of aliphatic imine (C=N–C) groups is 1. The molecule has 120 valence electrons. The van der Waals surface area contributed by atoms with Crippen LogP contribution in [0.4, 0.5) is 5.69 Å². The van der Waals surface area contributed by atoms with Crippen molar-refractivity contribution < 1.29 is 9.53 Å². The largest absolute Gasteiger partial charge is 0.423 e. The van der Waals surface area contributed by atoms with E-state index in [1.54, 1.807) is 18.2 Å². The van der Waals surface area contributed by atoms with Crippen molar-refractivity contribution in [2.75, 3.05) is 11.9 Å². The molecule has 0 fully saturated rings. The molecule has 0 radical (unpaired) electrons. The molecule has 0 spiro atoms. The van der Waals surface area contributed by atoms with Gasteiger partial charge in [-0.25, -0.2) is 4.79 Å². The number of nitrogens with one attached hydrogen (secondary N) is 1. The van der Waals surface area contributed by atoms with Crippen LogP contribution in [0.25, 0.3) is 0 Å². The smallest absolute Gasteiger partial charge is 0.343 e. The molecule has 23 heavy (non-hydrogen) atoms. The van der Waals surface area contributed by atoms with Gasteiger partial charge in [0.05, 0.1) is 5.56 Å². The summed E-state index contributed by atoms with van der Waals surface area (Å²) in [5.41, 5.74) is 2.38. The minimum atomic E-state index is -0.348. The Balaban J connectivity index is 0.00000192. The molecule has 0 aliphatic carbocycles. The molecule has 0 aromatic heterocycles. The fourth-order valence-corrected chi connectivity index (χ4v) is 2.39. The van der Waals surface area contributed by atoms with Crippen LogP contribution < -0.4 is 10.1 Å². The van der Waals surface area contributed by atoms with Crippen LogP contribution in [-0.4, -0.2) is 18.3 Å². The first-order chi connectivity index (χ1) is 10.7. The Bertz CT molecular complexity index is 714. The average Bonchev–Trinajstić information content (AvgIpc) is 3.05. The van der Waals surface area contributed by atoms with Crippen molar-refractivity contribution in [2.24, 2.45) is 4.99 Å². The summed E-state index contributed by atoms with van der Waals surface area (Å²) in [6.45, 7) is 2.81. The number of esters is 1. The maximum atomic E-state index is 12.2. The average molecular weight is 331 g/mol. The number of carbonyl (C=O) groups excluding carboxylic acids is 1. The molecule has 0 saturated heterocycles. The van der Waals surface area contributed by atoms with Crippen LogP contribution in [0.15, 0.2) is 53.5 Å². The zero-order valence-electron chi connectivity index (χ0n) is 12.9. The third-order valence-electron chi connectivity index (χ3n) is 3.65. The molecule has 3 rings (SSSR count). The molecule has 2 aromatic carbocycles. The van der Waals surface area contributed by atoms with Crippen LogP contribution in [0.3, 0.4) is 0 Å². The lowest BCUT2D eigenvalue weighted by atomic mass is 10.1. The predicted molar refractivity (Wildman–Crippen MR) is 95.0 cm³/mol. The molecule has 0 amide bonds. The number of halogens is 1. The van der Waals surface area contributed by atoms with Gasteiger partial charge in [-0.3, -0.25) is 4.99 Å². The standard InChI is InChI=1S/C18H18N2O2.ClH/c1-13-15(20-17-11-6-12-19-17)9-5-10-16(13)22-18(21)14-7-3-2-4-8-14;/h2-5,7-10H,6,11-12H2,1H3,(H,19,20);1H. The van der Waals surface area contributed by atoms with E-state index in [9.17, 15) is 4.79 Å². The molecular formula is C18H19ClN2O2. The van der Waals surface area contributed by atoms with Gasteiger partial charge in [-0.2, -0.15) is 0 Å². The van der Waals surface area contributed by atoms with E-state index in [1.807, 2.05) is 37.3 Å². The molecule has 0 unspecified atom stereocenters. The Labute approximate surface area is 142 Å². The normalized spacial score (nSPS) is 13.0. The predicted octanol–water partition coefficient (Wildman–Crippen LogP) is 4.24. The van der Waals surface area contributed by atoms with Crippen molar-refractivity contribution in [2.45, 2.75) is 19.8 Å². The first-order valence-corrected chi connectivity index (χ1v) is 7.41. The van der Waals surface area contributed by atoms with Crippen molar-refractivity contribution in [1.29, 1.82) is 0 Å². The number of hydrogen-bond donors (Lipinski definition) is 1. The van der Waals surface area contributed by atoms with Gasteiger partial charge in [0.15, 0.2) is 0 Å². The van der Waals surface area contributed by atoms with Crippen molar-refractivity contribution >= 4 is 29.9 Å². The van der Waals surface area contributed by atoms with Crippen LogP contribution in [-0.2, 0) is 0 Å². The first-order valence-electron chi connectivity index (χ1n) is 7.41. The lowest BCUT2D eigenvalue weighted by Gasteiger charge is -2.13. The second-order valence-electron chi connectivity index (χ2n) is 5.24. The summed E-state index contributed by atoms with van der Waals surface area (Å²) in [5.74, 6) is 1.21. The van der Waals surface area contributed by atoms with Gasteiger partial charge in [-0.05, 0) is 37.6 Å². The van der Waals surface area contributed by atoms with Crippen LogP contribution in [0.5, 0.6) is 5.75 Å². The highest BCUT2D eigenvalue weighted by atomic mass is 35.5. The topological polar surface area (TPSA) is 50.7 Å². The van der Waals surface area contributed by atoms with Crippen molar-refractivity contribution in [3.8, 4) is 5.75 Å². The summed E-state index contributed by atoms with van der Waals surface area (Å²) >= 11 is 0. The number of nitrogens with zero attached hydrogens (tertiary/aromatic N) is 1. The second kappa shape index (κ2) is 7.79.